The Kier molecular flexibility index (Phi) is 2.57. The molecule has 0 aliphatic heterocycles. The number of hydrogen-bond acceptors (Lipinski definition) is 3. The van der Waals surface area contributed by atoms with Crippen LogP contribution in [0.5, 0.6) is 0 Å². The summed E-state index contributed by atoms with van der Waals surface area (Å²) in [5.41, 5.74) is 8.00. The second kappa shape index (κ2) is 4.23. The maximum absolute atomic E-state index is 13.1. The standard InChI is InChI=1S/C14H11FN2O/c15-12-1-2-13-10(4-12)5-14(18-13)11-3-9(6-16)7-17-8-11/h1-5,7-8H,6,16H2. The average molecular weight is 242 g/mol. The van der Waals surface area contributed by atoms with E-state index in [0.29, 0.717) is 17.9 Å². The number of nitrogens with two attached hydrogens (primary N) is 1. The number of rotatable bonds is 2. The van der Waals surface area contributed by atoms with Gasteiger partial charge in [-0.05, 0) is 35.9 Å². The van der Waals surface area contributed by atoms with Gasteiger partial charge in [0.1, 0.15) is 17.2 Å². The van der Waals surface area contributed by atoms with Crippen molar-refractivity contribution in [2.24, 2.45) is 5.73 Å². The molecule has 0 amide bonds. The van der Waals surface area contributed by atoms with E-state index in [9.17, 15) is 4.39 Å². The van der Waals surface area contributed by atoms with Gasteiger partial charge in [0.15, 0.2) is 0 Å². The van der Waals surface area contributed by atoms with Crippen LogP contribution in [0.4, 0.5) is 4.39 Å². The van der Waals surface area contributed by atoms with Crippen molar-refractivity contribution in [3.63, 3.8) is 0 Å². The van der Waals surface area contributed by atoms with Crippen LogP contribution < -0.4 is 5.73 Å². The van der Waals surface area contributed by atoms with Gasteiger partial charge in [0.05, 0.1) is 0 Å². The molecule has 0 saturated carbocycles. The summed E-state index contributed by atoms with van der Waals surface area (Å²) in [6.45, 7) is 0.426. The maximum Gasteiger partial charge on any atom is 0.136 e. The molecule has 90 valence electrons. The van der Waals surface area contributed by atoms with Gasteiger partial charge in [-0.1, -0.05) is 0 Å². The second-order valence-corrected chi connectivity index (χ2v) is 4.08. The van der Waals surface area contributed by atoms with Crippen molar-refractivity contribution in [1.29, 1.82) is 0 Å². The number of hydrogen-bond donors (Lipinski definition) is 1. The van der Waals surface area contributed by atoms with Crippen LogP contribution >= 0.6 is 0 Å². The van der Waals surface area contributed by atoms with E-state index in [0.717, 1.165) is 16.5 Å². The highest BCUT2D eigenvalue weighted by molar-refractivity contribution is 5.82. The molecule has 0 saturated heterocycles. The van der Waals surface area contributed by atoms with E-state index in [2.05, 4.69) is 4.98 Å². The molecule has 0 fully saturated rings. The van der Waals surface area contributed by atoms with Crippen molar-refractivity contribution in [2.45, 2.75) is 6.54 Å². The summed E-state index contributed by atoms with van der Waals surface area (Å²) < 4.78 is 18.8. The lowest BCUT2D eigenvalue weighted by atomic mass is 10.1. The lowest BCUT2D eigenvalue weighted by Crippen LogP contribution is -1.96. The summed E-state index contributed by atoms with van der Waals surface area (Å²) in [5, 5.41) is 0.739. The Labute approximate surface area is 103 Å². The van der Waals surface area contributed by atoms with E-state index < -0.39 is 0 Å². The average Bonchev–Trinajstić information content (AvgIpc) is 2.81. The van der Waals surface area contributed by atoms with Crippen LogP contribution in [-0.4, -0.2) is 4.98 Å². The van der Waals surface area contributed by atoms with E-state index in [-0.39, 0.29) is 5.82 Å². The maximum atomic E-state index is 13.1. The first kappa shape index (κ1) is 10.9. The number of aromatic nitrogens is 1. The molecule has 0 radical (unpaired) electrons. The molecule has 0 atom stereocenters. The number of furan rings is 1. The smallest absolute Gasteiger partial charge is 0.136 e. The summed E-state index contributed by atoms with van der Waals surface area (Å²) in [6.07, 6.45) is 3.42. The predicted molar refractivity (Wildman–Crippen MR) is 67.3 cm³/mol. The van der Waals surface area contributed by atoms with Crippen molar-refractivity contribution >= 4 is 11.0 Å². The van der Waals surface area contributed by atoms with Gasteiger partial charge in [-0.2, -0.15) is 0 Å². The van der Waals surface area contributed by atoms with E-state index in [1.54, 1.807) is 24.5 Å². The quantitative estimate of drug-likeness (QED) is 0.751. The molecule has 2 aromatic heterocycles. The Morgan fingerprint density at radius 1 is 1.17 bits per heavy atom. The first-order chi connectivity index (χ1) is 8.76. The summed E-state index contributed by atoms with van der Waals surface area (Å²) in [6, 6.07) is 8.16. The third-order valence-electron chi connectivity index (χ3n) is 2.79. The second-order valence-electron chi connectivity index (χ2n) is 4.08. The molecule has 0 bridgehead atoms. The Morgan fingerprint density at radius 3 is 2.89 bits per heavy atom. The van der Waals surface area contributed by atoms with Crippen LogP contribution in [0.3, 0.4) is 0 Å². The van der Waals surface area contributed by atoms with Crippen molar-refractivity contribution < 1.29 is 8.81 Å². The minimum absolute atomic E-state index is 0.274. The zero-order valence-electron chi connectivity index (χ0n) is 9.56. The normalized spacial score (nSPS) is 11.0. The van der Waals surface area contributed by atoms with E-state index in [1.807, 2.05) is 6.07 Å². The number of fused-ring (bicyclic) bond motifs is 1. The van der Waals surface area contributed by atoms with Crippen LogP contribution in [0, 0.1) is 5.82 Å². The fourth-order valence-corrected chi connectivity index (χ4v) is 1.89. The summed E-state index contributed by atoms with van der Waals surface area (Å²) in [5.74, 6) is 0.391. The van der Waals surface area contributed by atoms with Crippen LogP contribution in [-0.2, 0) is 6.54 Å². The van der Waals surface area contributed by atoms with Crippen LogP contribution in [0.1, 0.15) is 5.56 Å². The molecule has 3 aromatic rings. The predicted octanol–water partition coefficient (Wildman–Crippen LogP) is 3.09. The topological polar surface area (TPSA) is 52.0 Å². The summed E-state index contributed by atoms with van der Waals surface area (Å²) in [7, 11) is 0. The highest BCUT2D eigenvalue weighted by Gasteiger charge is 2.07. The van der Waals surface area contributed by atoms with Crippen molar-refractivity contribution in [2.75, 3.05) is 0 Å². The largest absolute Gasteiger partial charge is 0.456 e. The van der Waals surface area contributed by atoms with E-state index in [4.69, 9.17) is 10.2 Å². The highest BCUT2D eigenvalue weighted by Crippen LogP contribution is 2.28. The van der Waals surface area contributed by atoms with Gasteiger partial charge < -0.3 is 10.2 Å². The van der Waals surface area contributed by atoms with Gasteiger partial charge in [-0.25, -0.2) is 4.39 Å². The van der Waals surface area contributed by atoms with Gasteiger partial charge in [0, 0.05) is 29.9 Å². The Balaban J connectivity index is 2.13. The molecule has 3 nitrogen and oxygen atoms in total. The van der Waals surface area contributed by atoms with Crippen LogP contribution in [0.2, 0.25) is 0 Å². The molecular formula is C14H11FN2O. The fraction of sp³-hybridized carbons (Fsp3) is 0.0714. The Morgan fingerprint density at radius 2 is 2.06 bits per heavy atom. The Bertz CT molecular complexity index is 706. The highest BCUT2D eigenvalue weighted by atomic mass is 19.1. The summed E-state index contributed by atoms with van der Waals surface area (Å²) in [4.78, 5) is 4.11. The monoisotopic (exact) mass is 242 g/mol. The number of pyridine rings is 1. The summed E-state index contributed by atoms with van der Waals surface area (Å²) >= 11 is 0. The molecule has 2 N–H and O–H groups in total. The van der Waals surface area contributed by atoms with Crippen molar-refractivity contribution in [3.05, 3.63) is 54.1 Å². The zero-order valence-corrected chi connectivity index (χ0v) is 9.56. The molecule has 4 heteroatoms. The van der Waals surface area contributed by atoms with Crippen LogP contribution in [0.15, 0.2) is 47.1 Å². The lowest BCUT2D eigenvalue weighted by molar-refractivity contribution is 0.619. The molecular weight excluding hydrogens is 231 g/mol. The number of halogens is 1. The molecule has 0 unspecified atom stereocenters. The van der Waals surface area contributed by atoms with Gasteiger partial charge >= 0.3 is 0 Å². The molecule has 1 aromatic carbocycles. The molecule has 0 aliphatic rings. The molecule has 2 heterocycles. The van der Waals surface area contributed by atoms with Gasteiger partial charge in [0.2, 0.25) is 0 Å². The number of benzene rings is 1. The number of nitrogens with zero attached hydrogens (tertiary/aromatic N) is 1. The molecule has 18 heavy (non-hydrogen) atoms. The van der Waals surface area contributed by atoms with Crippen molar-refractivity contribution in [1.82, 2.24) is 4.98 Å². The third kappa shape index (κ3) is 1.87. The minimum atomic E-state index is -0.274. The van der Waals surface area contributed by atoms with E-state index >= 15 is 0 Å². The zero-order chi connectivity index (χ0) is 12.5. The van der Waals surface area contributed by atoms with Crippen molar-refractivity contribution in [3.8, 4) is 11.3 Å². The molecule has 0 aliphatic carbocycles. The molecule has 3 rings (SSSR count). The fourth-order valence-electron chi connectivity index (χ4n) is 1.89. The van der Waals surface area contributed by atoms with Gasteiger partial charge in [-0.15, -0.1) is 0 Å². The van der Waals surface area contributed by atoms with Gasteiger partial charge in [0.25, 0.3) is 0 Å². The molecule has 0 spiro atoms. The van der Waals surface area contributed by atoms with Gasteiger partial charge in [-0.3, -0.25) is 4.98 Å². The lowest BCUT2D eigenvalue weighted by Gasteiger charge is -1.99. The van der Waals surface area contributed by atoms with E-state index in [1.165, 1.54) is 12.1 Å². The van der Waals surface area contributed by atoms with Crippen LogP contribution in [0.25, 0.3) is 22.3 Å². The first-order valence-corrected chi connectivity index (χ1v) is 5.60. The third-order valence-corrected chi connectivity index (χ3v) is 2.79. The Hall–Kier alpha value is -2.20. The first-order valence-electron chi connectivity index (χ1n) is 5.60. The SMILES string of the molecule is NCc1cncc(-c2cc3cc(F)ccc3o2)c1. The minimum Gasteiger partial charge on any atom is -0.456 e.